The lowest BCUT2D eigenvalue weighted by Gasteiger charge is -2.04. The largest absolute Gasteiger partial charge is 0.508 e. The number of benzene rings is 2. The van der Waals surface area contributed by atoms with Crippen LogP contribution in [0.1, 0.15) is 20.7 Å². The summed E-state index contributed by atoms with van der Waals surface area (Å²) in [6, 6.07) is 12.6. The Labute approximate surface area is 138 Å². The molecule has 0 heterocycles. The zero-order chi connectivity index (χ0) is 17.2. The monoisotopic (exact) mass is 336 g/mol. The number of rotatable bonds is 5. The van der Waals surface area contributed by atoms with E-state index in [0.29, 0.717) is 29.4 Å². The summed E-state index contributed by atoms with van der Waals surface area (Å²) in [5.74, 6) is 0.0846. The van der Waals surface area contributed by atoms with Crippen LogP contribution in [0, 0.1) is 0 Å². The Kier molecular flexibility index (Phi) is 7.42. The molecule has 0 saturated heterocycles. The van der Waals surface area contributed by atoms with Crippen LogP contribution in [0.2, 0.25) is 0 Å². The standard InChI is InChI=1S/C9H10ClNO2.C7H7NO2/c10-4-5-13-8-3-1-2-7(6-8)9(11)12;8-7(10)5-2-1-3-6(9)4-5/h1-3,6H,4-5H2,(H2,11,12);1-4,9H,(H2,8,10). The molecule has 0 atom stereocenters. The van der Waals surface area contributed by atoms with Gasteiger partial charge in [0.1, 0.15) is 18.1 Å². The molecule has 23 heavy (non-hydrogen) atoms. The van der Waals surface area contributed by atoms with Gasteiger partial charge in [-0.1, -0.05) is 12.1 Å². The van der Waals surface area contributed by atoms with Gasteiger partial charge < -0.3 is 21.3 Å². The zero-order valence-corrected chi connectivity index (χ0v) is 13.0. The van der Waals surface area contributed by atoms with Gasteiger partial charge in [-0.2, -0.15) is 0 Å². The van der Waals surface area contributed by atoms with Crippen molar-refractivity contribution < 1.29 is 19.4 Å². The maximum absolute atomic E-state index is 10.8. The molecule has 2 aromatic carbocycles. The number of primary amides is 2. The van der Waals surface area contributed by atoms with Crippen LogP contribution >= 0.6 is 11.6 Å². The molecular formula is C16H17ClN2O4. The number of aromatic hydroxyl groups is 1. The number of amides is 2. The number of ether oxygens (including phenoxy) is 1. The average Bonchev–Trinajstić information content (AvgIpc) is 2.53. The van der Waals surface area contributed by atoms with E-state index in [1.54, 1.807) is 36.4 Å². The Bertz CT molecular complexity index is 677. The molecule has 0 bridgehead atoms. The predicted octanol–water partition coefficient (Wildman–Crippen LogP) is 1.89. The first kappa shape index (κ1) is 18.3. The van der Waals surface area contributed by atoms with Crippen molar-refractivity contribution in [3.05, 3.63) is 59.7 Å². The Morgan fingerprint density at radius 3 is 2.04 bits per heavy atom. The average molecular weight is 337 g/mol. The third-order valence-corrected chi connectivity index (χ3v) is 2.75. The number of hydrogen-bond donors (Lipinski definition) is 3. The van der Waals surface area contributed by atoms with Gasteiger partial charge in [0, 0.05) is 11.1 Å². The van der Waals surface area contributed by atoms with Gasteiger partial charge in [0.05, 0.1) is 5.88 Å². The number of phenols is 1. The smallest absolute Gasteiger partial charge is 0.248 e. The lowest BCUT2D eigenvalue weighted by Crippen LogP contribution is -2.10. The van der Waals surface area contributed by atoms with E-state index < -0.39 is 11.8 Å². The molecule has 7 heteroatoms. The van der Waals surface area contributed by atoms with E-state index in [1.165, 1.54) is 12.1 Å². The molecule has 0 aliphatic rings. The van der Waals surface area contributed by atoms with Gasteiger partial charge in [-0.05, 0) is 36.4 Å². The summed E-state index contributed by atoms with van der Waals surface area (Å²) in [7, 11) is 0. The molecule has 2 rings (SSSR count). The van der Waals surface area contributed by atoms with E-state index in [1.807, 2.05) is 0 Å². The molecule has 0 spiro atoms. The maximum Gasteiger partial charge on any atom is 0.248 e. The van der Waals surface area contributed by atoms with Crippen LogP contribution in [-0.2, 0) is 0 Å². The first-order valence-corrected chi connectivity index (χ1v) is 7.15. The van der Waals surface area contributed by atoms with Gasteiger partial charge >= 0.3 is 0 Å². The number of halogens is 1. The summed E-state index contributed by atoms with van der Waals surface area (Å²) in [5, 5.41) is 8.85. The number of alkyl halides is 1. The molecule has 6 nitrogen and oxygen atoms in total. The normalized spacial score (nSPS) is 9.43. The van der Waals surface area contributed by atoms with Crippen molar-refractivity contribution in [1.29, 1.82) is 0 Å². The van der Waals surface area contributed by atoms with E-state index >= 15 is 0 Å². The van der Waals surface area contributed by atoms with Crippen molar-refractivity contribution in [3.8, 4) is 11.5 Å². The molecule has 2 aromatic rings. The lowest BCUT2D eigenvalue weighted by atomic mass is 10.2. The number of carbonyl (C=O) groups excluding carboxylic acids is 2. The molecule has 0 fully saturated rings. The van der Waals surface area contributed by atoms with Crippen LogP contribution < -0.4 is 16.2 Å². The first-order valence-electron chi connectivity index (χ1n) is 6.61. The van der Waals surface area contributed by atoms with Gasteiger partial charge in [0.15, 0.2) is 0 Å². The van der Waals surface area contributed by atoms with Crippen molar-refractivity contribution in [2.45, 2.75) is 0 Å². The van der Waals surface area contributed by atoms with Crippen LogP contribution in [-0.4, -0.2) is 29.4 Å². The summed E-state index contributed by atoms with van der Waals surface area (Å²) >= 11 is 5.44. The molecule has 0 unspecified atom stereocenters. The van der Waals surface area contributed by atoms with Crippen molar-refractivity contribution in [3.63, 3.8) is 0 Å². The maximum atomic E-state index is 10.8. The highest BCUT2D eigenvalue weighted by Gasteiger charge is 2.01. The quantitative estimate of drug-likeness (QED) is 0.723. The van der Waals surface area contributed by atoms with Crippen LogP contribution in [0.15, 0.2) is 48.5 Å². The van der Waals surface area contributed by atoms with E-state index in [2.05, 4.69) is 0 Å². The molecule has 5 N–H and O–H groups in total. The number of phenolic OH excluding ortho intramolecular Hbond substituents is 1. The molecular weight excluding hydrogens is 320 g/mol. The minimum atomic E-state index is -0.532. The second-order valence-corrected chi connectivity index (χ2v) is 4.72. The van der Waals surface area contributed by atoms with Crippen LogP contribution in [0.25, 0.3) is 0 Å². The second-order valence-electron chi connectivity index (χ2n) is 4.34. The minimum Gasteiger partial charge on any atom is -0.508 e. The van der Waals surface area contributed by atoms with Crippen molar-refractivity contribution in [2.24, 2.45) is 11.5 Å². The number of carbonyl (C=O) groups is 2. The van der Waals surface area contributed by atoms with Gasteiger partial charge in [-0.15, -0.1) is 11.6 Å². The van der Waals surface area contributed by atoms with E-state index in [-0.39, 0.29) is 5.75 Å². The van der Waals surface area contributed by atoms with E-state index in [4.69, 9.17) is 32.9 Å². The zero-order valence-electron chi connectivity index (χ0n) is 12.2. The third-order valence-electron chi connectivity index (χ3n) is 2.60. The Morgan fingerprint density at radius 2 is 1.57 bits per heavy atom. The van der Waals surface area contributed by atoms with E-state index in [9.17, 15) is 9.59 Å². The predicted molar refractivity (Wildman–Crippen MR) is 87.8 cm³/mol. The molecule has 0 aliphatic carbocycles. The number of hydrogen-bond acceptors (Lipinski definition) is 4. The van der Waals surface area contributed by atoms with Crippen molar-refractivity contribution >= 4 is 23.4 Å². The third kappa shape index (κ3) is 6.71. The summed E-state index contributed by atoms with van der Waals surface area (Å²) in [6.45, 7) is 0.420. The molecule has 122 valence electrons. The fraction of sp³-hybridized carbons (Fsp3) is 0.125. The highest BCUT2D eigenvalue weighted by atomic mass is 35.5. The van der Waals surface area contributed by atoms with Crippen LogP contribution in [0.4, 0.5) is 0 Å². The van der Waals surface area contributed by atoms with E-state index in [0.717, 1.165) is 0 Å². The van der Waals surface area contributed by atoms with Crippen molar-refractivity contribution in [1.82, 2.24) is 0 Å². The van der Waals surface area contributed by atoms with Gasteiger partial charge in [-0.25, -0.2) is 0 Å². The fourth-order valence-electron chi connectivity index (χ4n) is 1.55. The highest BCUT2D eigenvalue weighted by molar-refractivity contribution is 6.18. The van der Waals surface area contributed by atoms with Crippen LogP contribution in [0.5, 0.6) is 11.5 Å². The molecule has 0 saturated carbocycles. The lowest BCUT2D eigenvalue weighted by molar-refractivity contribution is 0.0991. The molecule has 0 aliphatic heterocycles. The topological polar surface area (TPSA) is 116 Å². The summed E-state index contributed by atoms with van der Waals surface area (Å²) < 4.78 is 5.21. The number of nitrogens with two attached hydrogens (primary N) is 2. The Balaban J connectivity index is 0.000000238. The highest BCUT2D eigenvalue weighted by Crippen LogP contribution is 2.12. The van der Waals surface area contributed by atoms with Gasteiger partial charge in [-0.3, -0.25) is 9.59 Å². The summed E-state index contributed by atoms with van der Waals surface area (Å²) in [6.07, 6.45) is 0. The minimum absolute atomic E-state index is 0.0521. The second kappa shape index (κ2) is 9.32. The van der Waals surface area contributed by atoms with Crippen molar-refractivity contribution in [2.75, 3.05) is 12.5 Å². The van der Waals surface area contributed by atoms with Gasteiger partial charge in [0.2, 0.25) is 11.8 Å². The fourth-order valence-corrected chi connectivity index (χ4v) is 1.63. The first-order chi connectivity index (χ1) is 10.9. The Morgan fingerprint density at radius 1 is 1.00 bits per heavy atom. The molecule has 2 amide bonds. The van der Waals surface area contributed by atoms with Crippen LogP contribution in [0.3, 0.4) is 0 Å². The Hall–Kier alpha value is -2.73. The molecule has 0 radical (unpaired) electrons. The molecule has 0 aromatic heterocycles. The summed E-state index contributed by atoms with van der Waals surface area (Å²) in [5.41, 5.74) is 10.8. The SMILES string of the molecule is NC(=O)c1cccc(O)c1.NC(=O)c1cccc(OCCCl)c1. The summed E-state index contributed by atoms with van der Waals surface area (Å²) in [4.78, 5) is 21.2. The van der Waals surface area contributed by atoms with Gasteiger partial charge in [0.25, 0.3) is 0 Å².